The molecule has 3 aromatic rings. The maximum absolute atomic E-state index is 12.6. The van der Waals surface area contributed by atoms with E-state index in [-0.39, 0.29) is 11.2 Å². The number of hydrogen-bond acceptors (Lipinski definition) is 3. The zero-order valence-corrected chi connectivity index (χ0v) is 16.8. The predicted octanol–water partition coefficient (Wildman–Crippen LogP) is 6.91. The molecule has 0 aliphatic heterocycles. The second-order valence-corrected chi connectivity index (χ2v) is 8.05. The van der Waals surface area contributed by atoms with Crippen LogP contribution in [0.15, 0.2) is 77.7 Å². The van der Waals surface area contributed by atoms with Gasteiger partial charge in [-0.15, -0.1) is 11.8 Å². The van der Waals surface area contributed by atoms with Crippen LogP contribution < -0.4 is 10.1 Å². The van der Waals surface area contributed by atoms with Crippen LogP contribution in [0.5, 0.6) is 11.5 Å². The Morgan fingerprint density at radius 2 is 1.63 bits per heavy atom. The SMILES string of the molecule is CC(Sc1ccc(Cl)cc1)C(=O)Nc1cc(Cl)ccc1Oc1ccccc1. The Bertz CT molecular complexity index is 917. The summed E-state index contributed by atoms with van der Waals surface area (Å²) in [6, 6.07) is 21.9. The fourth-order valence-corrected chi connectivity index (χ4v) is 3.48. The predicted molar refractivity (Wildman–Crippen MR) is 113 cm³/mol. The van der Waals surface area contributed by atoms with Gasteiger partial charge in [0.25, 0.3) is 0 Å². The van der Waals surface area contributed by atoms with Crippen LogP contribution in [0.2, 0.25) is 10.0 Å². The molecule has 0 heterocycles. The monoisotopic (exact) mass is 417 g/mol. The number of carbonyl (C=O) groups is 1. The molecule has 27 heavy (non-hydrogen) atoms. The molecule has 1 N–H and O–H groups in total. The fraction of sp³-hybridized carbons (Fsp3) is 0.0952. The lowest BCUT2D eigenvalue weighted by Crippen LogP contribution is -2.22. The summed E-state index contributed by atoms with van der Waals surface area (Å²) in [6.45, 7) is 1.84. The van der Waals surface area contributed by atoms with E-state index in [1.807, 2.05) is 49.4 Å². The van der Waals surface area contributed by atoms with E-state index in [0.717, 1.165) is 4.90 Å². The van der Waals surface area contributed by atoms with Gasteiger partial charge >= 0.3 is 0 Å². The van der Waals surface area contributed by atoms with Crippen LogP contribution in [0.4, 0.5) is 5.69 Å². The summed E-state index contributed by atoms with van der Waals surface area (Å²) in [4.78, 5) is 13.6. The van der Waals surface area contributed by atoms with Crippen LogP contribution in [0.25, 0.3) is 0 Å². The molecule has 0 saturated carbocycles. The third kappa shape index (κ3) is 5.67. The average molecular weight is 418 g/mol. The third-order valence-corrected chi connectivity index (χ3v) is 5.27. The number of para-hydroxylation sites is 1. The number of benzene rings is 3. The lowest BCUT2D eigenvalue weighted by atomic mass is 10.2. The van der Waals surface area contributed by atoms with Crippen molar-refractivity contribution in [1.82, 2.24) is 0 Å². The summed E-state index contributed by atoms with van der Waals surface area (Å²) in [6.07, 6.45) is 0. The van der Waals surface area contributed by atoms with Gasteiger partial charge in [0, 0.05) is 14.9 Å². The summed E-state index contributed by atoms with van der Waals surface area (Å²) >= 11 is 13.5. The highest BCUT2D eigenvalue weighted by Crippen LogP contribution is 2.33. The number of halogens is 2. The van der Waals surface area contributed by atoms with Gasteiger partial charge in [-0.2, -0.15) is 0 Å². The minimum Gasteiger partial charge on any atom is -0.455 e. The Balaban J connectivity index is 1.72. The third-order valence-electron chi connectivity index (χ3n) is 3.67. The van der Waals surface area contributed by atoms with Gasteiger partial charge in [-0.25, -0.2) is 0 Å². The zero-order chi connectivity index (χ0) is 19.2. The molecule has 1 atom stereocenters. The highest BCUT2D eigenvalue weighted by molar-refractivity contribution is 8.00. The molecule has 3 nitrogen and oxygen atoms in total. The van der Waals surface area contributed by atoms with Crippen LogP contribution in [0, 0.1) is 0 Å². The molecule has 0 radical (unpaired) electrons. The molecule has 3 aromatic carbocycles. The van der Waals surface area contributed by atoms with Gasteiger partial charge in [-0.1, -0.05) is 41.4 Å². The lowest BCUT2D eigenvalue weighted by molar-refractivity contribution is -0.115. The summed E-state index contributed by atoms with van der Waals surface area (Å²) < 4.78 is 5.88. The first-order valence-corrected chi connectivity index (χ1v) is 9.90. The smallest absolute Gasteiger partial charge is 0.237 e. The van der Waals surface area contributed by atoms with Crippen LogP contribution in [0.3, 0.4) is 0 Å². The van der Waals surface area contributed by atoms with Crippen molar-refractivity contribution in [3.63, 3.8) is 0 Å². The minimum absolute atomic E-state index is 0.143. The Kier molecular flexibility index (Phi) is 6.67. The molecule has 0 fully saturated rings. The molecule has 1 unspecified atom stereocenters. The average Bonchev–Trinajstić information content (AvgIpc) is 2.66. The second kappa shape index (κ2) is 9.18. The number of anilines is 1. The molecule has 0 spiro atoms. The Labute approximate surface area is 172 Å². The molecule has 0 aromatic heterocycles. The van der Waals surface area contributed by atoms with E-state index in [9.17, 15) is 4.79 Å². The Morgan fingerprint density at radius 1 is 0.963 bits per heavy atom. The van der Waals surface area contributed by atoms with Crippen molar-refractivity contribution in [3.8, 4) is 11.5 Å². The molecule has 138 valence electrons. The van der Waals surface area contributed by atoms with Gasteiger partial charge < -0.3 is 10.1 Å². The molecule has 0 bridgehead atoms. The fourth-order valence-electron chi connectivity index (χ4n) is 2.31. The van der Waals surface area contributed by atoms with E-state index in [0.29, 0.717) is 27.2 Å². The van der Waals surface area contributed by atoms with Crippen molar-refractivity contribution < 1.29 is 9.53 Å². The number of hydrogen-bond donors (Lipinski definition) is 1. The van der Waals surface area contributed by atoms with Gasteiger partial charge in [-0.05, 0) is 61.5 Å². The highest BCUT2D eigenvalue weighted by atomic mass is 35.5. The topological polar surface area (TPSA) is 38.3 Å². The van der Waals surface area contributed by atoms with E-state index < -0.39 is 0 Å². The molecule has 0 saturated heterocycles. The van der Waals surface area contributed by atoms with Crippen LogP contribution in [-0.4, -0.2) is 11.2 Å². The first-order chi connectivity index (χ1) is 13.0. The van der Waals surface area contributed by atoms with Gasteiger partial charge in [0.15, 0.2) is 5.75 Å². The quantitative estimate of drug-likeness (QED) is 0.442. The van der Waals surface area contributed by atoms with Gasteiger partial charge in [0.2, 0.25) is 5.91 Å². The molecule has 0 aliphatic carbocycles. The van der Waals surface area contributed by atoms with Crippen LogP contribution >= 0.6 is 35.0 Å². The van der Waals surface area contributed by atoms with E-state index in [4.69, 9.17) is 27.9 Å². The molecule has 3 rings (SSSR count). The first-order valence-electron chi connectivity index (χ1n) is 8.27. The van der Waals surface area contributed by atoms with Gasteiger partial charge in [0.05, 0.1) is 10.9 Å². The van der Waals surface area contributed by atoms with E-state index in [1.165, 1.54) is 11.8 Å². The molecular formula is C21H17Cl2NO2S. The van der Waals surface area contributed by atoms with Gasteiger partial charge in [0.1, 0.15) is 5.75 Å². The van der Waals surface area contributed by atoms with E-state index in [1.54, 1.807) is 30.3 Å². The van der Waals surface area contributed by atoms with Crippen molar-refractivity contribution in [2.75, 3.05) is 5.32 Å². The number of ether oxygens (including phenoxy) is 1. The van der Waals surface area contributed by atoms with Crippen LogP contribution in [-0.2, 0) is 4.79 Å². The highest BCUT2D eigenvalue weighted by Gasteiger charge is 2.17. The number of thioether (sulfide) groups is 1. The molecular weight excluding hydrogens is 401 g/mol. The molecule has 6 heteroatoms. The van der Waals surface area contributed by atoms with Crippen molar-refractivity contribution in [2.24, 2.45) is 0 Å². The zero-order valence-electron chi connectivity index (χ0n) is 14.5. The maximum Gasteiger partial charge on any atom is 0.237 e. The lowest BCUT2D eigenvalue weighted by Gasteiger charge is -2.15. The summed E-state index contributed by atoms with van der Waals surface area (Å²) in [5.41, 5.74) is 0.528. The van der Waals surface area contributed by atoms with E-state index >= 15 is 0 Å². The number of carbonyl (C=O) groups excluding carboxylic acids is 1. The summed E-state index contributed by atoms with van der Waals surface area (Å²) in [5.74, 6) is 1.07. The van der Waals surface area contributed by atoms with Crippen LogP contribution in [0.1, 0.15) is 6.92 Å². The normalized spacial score (nSPS) is 11.7. The summed E-state index contributed by atoms with van der Waals surface area (Å²) in [5, 5.41) is 3.78. The molecule has 0 aliphatic rings. The van der Waals surface area contributed by atoms with Crippen molar-refractivity contribution in [3.05, 3.63) is 82.8 Å². The molecule has 1 amide bonds. The van der Waals surface area contributed by atoms with Crippen molar-refractivity contribution in [2.45, 2.75) is 17.1 Å². The van der Waals surface area contributed by atoms with E-state index in [2.05, 4.69) is 5.32 Å². The number of amides is 1. The van der Waals surface area contributed by atoms with Crippen molar-refractivity contribution >= 4 is 46.6 Å². The maximum atomic E-state index is 12.6. The van der Waals surface area contributed by atoms with Gasteiger partial charge in [-0.3, -0.25) is 4.79 Å². The van der Waals surface area contributed by atoms with Crippen molar-refractivity contribution in [1.29, 1.82) is 0 Å². The first kappa shape index (κ1) is 19.6. The summed E-state index contributed by atoms with van der Waals surface area (Å²) in [7, 11) is 0. The largest absolute Gasteiger partial charge is 0.455 e. The Morgan fingerprint density at radius 3 is 2.33 bits per heavy atom. The minimum atomic E-state index is -0.310. The second-order valence-electron chi connectivity index (χ2n) is 5.76. The number of nitrogens with one attached hydrogen (secondary N) is 1. The number of rotatable bonds is 6. The standard InChI is InChI=1S/C21H17Cl2NO2S/c1-14(27-18-10-7-15(22)8-11-18)21(25)24-19-13-16(23)9-12-20(19)26-17-5-3-2-4-6-17/h2-14H,1H3,(H,24,25). The Hall–Kier alpha value is -2.14.